The standard InChI is InChI=1S/C21H14BrClF5N3O/c1-3-4-8-15(23)16(11(2)24)18-17(22)19(32-30-18)14-10-29-31(20(14)21(26,27)28)13-7-5-6-12(25)9-13/h3-10H,1-2H3/b4-3-,15-8+,16-11-. The smallest absolute Gasteiger partial charge is 0.354 e. The SMILES string of the molecule is C\C=C/C=C(Cl)\C(=C(/C)F)c1noc(-c2cnn(-c3cccc(F)c3)c2C(F)(F)F)c1Br. The van der Waals surface area contributed by atoms with Gasteiger partial charge in [0, 0.05) is 0 Å². The quantitative estimate of drug-likeness (QED) is 0.247. The molecule has 0 atom stereocenters. The van der Waals surface area contributed by atoms with E-state index in [1.54, 1.807) is 19.1 Å². The second-order valence-electron chi connectivity index (χ2n) is 6.42. The Morgan fingerprint density at radius 2 is 2.00 bits per heavy atom. The van der Waals surface area contributed by atoms with E-state index in [9.17, 15) is 22.0 Å². The minimum Gasteiger partial charge on any atom is -0.354 e. The summed E-state index contributed by atoms with van der Waals surface area (Å²) >= 11 is 9.31. The van der Waals surface area contributed by atoms with Crippen molar-refractivity contribution in [3.05, 3.63) is 81.2 Å². The first kappa shape index (κ1) is 23.9. The van der Waals surface area contributed by atoms with Crippen molar-refractivity contribution in [2.24, 2.45) is 0 Å². The third kappa shape index (κ3) is 4.71. The maximum Gasteiger partial charge on any atom is 0.434 e. The van der Waals surface area contributed by atoms with Gasteiger partial charge in [0.15, 0.2) is 11.5 Å². The van der Waals surface area contributed by atoms with E-state index in [2.05, 4.69) is 26.2 Å². The predicted molar refractivity (Wildman–Crippen MR) is 114 cm³/mol. The zero-order valence-corrected chi connectivity index (χ0v) is 18.9. The molecule has 2 heterocycles. The first-order chi connectivity index (χ1) is 15.1. The van der Waals surface area contributed by atoms with E-state index in [-0.39, 0.29) is 32.2 Å². The molecule has 3 aromatic rings. The molecule has 0 saturated carbocycles. The molecule has 0 N–H and O–H groups in total. The van der Waals surface area contributed by atoms with Crippen molar-refractivity contribution in [1.82, 2.24) is 14.9 Å². The van der Waals surface area contributed by atoms with Crippen LogP contribution in [0.4, 0.5) is 22.0 Å². The number of aromatic nitrogens is 3. The number of allylic oxidation sites excluding steroid dienone is 6. The van der Waals surface area contributed by atoms with Gasteiger partial charge in [-0.25, -0.2) is 13.5 Å². The van der Waals surface area contributed by atoms with Crippen molar-refractivity contribution >= 4 is 33.1 Å². The molecule has 0 aliphatic rings. The van der Waals surface area contributed by atoms with Gasteiger partial charge in [-0.2, -0.15) is 18.3 Å². The minimum absolute atomic E-state index is 0.0323. The lowest BCUT2D eigenvalue weighted by Crippen LogP contribution is -2.14. The molecule has 0 bridgehead atoms. The summed E-state index contributed by atoms with van der Waals surface area (Å²) in [6.07, 6.45) is 0.649. The van der Waals surface area contributed by atoms with Gasteiger partial charge in [0.05, 0.1) is 32.5 Å². The maximum atomic E-state index is 14.2. The first-order valence-corrected chi connectivity index (χ1v) is 10.2. The fraction of sp³-hybridized carbons (Fsp3) is 0.143. The zero-order valence-electron chi connectivity index (χ0n) is 16.5. The number of nitrogens with zero attached hydrogens (tertiary/aromatic N) is 3. The van der Waals surface area contributed by atoms with E-state index in [1.165, 1.54) is 18.2 Å². The van der Waals surface area contributed by atoms with Gasteiger partial charge in [-0.1, -0.05) is 35.0 Å². The van der Waals surface area contributed by atoms with Crippen LogP contribution < -0.4 is 0 Å². The Hall–Kier alpha value is -2.72. The van der Waals surface area contributed by atoms with Crippen LogP contribution >= 0.6 is 27.5 Å². The molecule has 0 unspecified atom stereocenters. The molecular weight excluding hydrogens is 521 g/mol. The predicted octanol–water partition coefficient (Wildman–Crippen LogP) is 7.85. The van der Waals surface area contributed by atoms with Crippen molar-refractivity contribution < 1.29 is 26.5 Å². The highest BCUT2D eigenvalue weighted by Gasteiger charge is 2.41. The largest absolute Gasteiger partial charge is 0.434 e. The van der Waals surface area contributed by atoms with Gasteiger partial charge in [-0.05, 0) is 54.1 Å². The monoisotopic (exact) mass is 533 g/mol. The fourth-order valence-electron chi connectivity index (χ4n) is 2.90. The average molecular weight is 535 g/mol. The van der Waals surface area contributed by atoms with Crippen LogP contribution in [0.25, 0.3) is 22.6 Å². The molecule has 0 radical (unpaired) electrons. The highest BCUT2D eigenvalue weighted by Crippen LogP contribution is 2.44. The lowest BCUT2D eigenvalue weighted by molar-refractivity contribution is -0.142. The number of alkyl halides is 3. The number of rotatable bonds is 5. The van der Waals surface area contributed by atoms with E-state index in [0.717, 1.165) is 25.3 Å². The molecule has 2 aromatic heterocycles. The zero-order chi connectivity index (χ0) is 23.6. The summed E-state index contributed by atoms with van der Waals surface area (Å²) in [7, 11) is 0. The van der Waals surface area contributed by atoms with E-state index in [0.29, 0.717) is 4.68 Å². The van der Waals surface area contributed by atoms with Gasteiger partial charge in [0.25, 0.3) is 0 Å². The van der Waals surface area contributed by atoms with Crippen LogP contribution in [0.1, 0.15) is 25.2 Å². The highest BCUT2D eigenvalue weighted by atomic mass is 79.9. The van der Waals surface area contributed by atoms with Crippen molar-refractivity contribution in [3.63, 3.8) is 0 Å². The number of halogens is 7. The third-order valence-corrected chi connectivity index (χ3v) is 5.28. The summed E-state index contributed by atoms with van der Waals surface area (Å²) in [6.45, 7) is 2.86. The Bertz CT molecular complexity index is 1240. The molecule has 11 heteroatoms. The van der Waals surface area contributed by atoms with Crippen LogP contribution in [0.15, 0.2) is 68.5 Å². The molecule has 0 saturated heterocycles. The van der Waals surface area contributed by atoms with Crippen LogP contribution in [-0.2, 0) is 6.18 Å². The molecule has 3 rings (SSSR count). The molecular formula is C21H14BrClF5N3O. The summed E-state index contributed by atoms with van der Waals surface area (Å²) in [4.78, 5) is 0. The van der Waals surface area contributed by atoms with Crippen LogP contribution in [0.2, 0.25) is 0 Å². The molecule has 0 spiro atoms. The summed E-state index contributed by atoms with van der Waals surface area (Å²) in [5.41, 5.74) is -2.12. The molecule has 1 aromatic carbocycles. The fourth-order valence-corrected chi connectivity index (χ4v) is 3.75. The van der Waals surface area contributed by atoms with Gasteiger partial charge in [0.1, 0.15) is 17.3 Å². The highest BCUT2D eigenvalue weighted by molar-refractivity contribution is 9.10. The van der Waals surface area contributed by atoms with Crippen LogP contribution in [0.3, 0.4) is 0 Å². The molecule has 168 valence electrons. The number of hydrogen-bond acceptors (Lipinski definition) is 3. The summed E-state index contributed by atoms with van der Waals surface area (Å²) in [5.74, 6) is -1.79. The van der Waals surface area contributed by atoms with E-state index in [4.69, 9.17) is 16.1 Å². The summed E-state index contributed by atoms with van der Waals surface area (Å²) in [5, 5.41) is 7.46. The maximum absolute atomic E-state index is 14.2. The Labute approximate surface area is 192 Å². The lowest BCUT2D eigenvalue weighted by Gasteiger charge is -2.12. The van der Waals surface area contributed by atoms with Gasteiger partial charge in [-0.3, -0.25) is 0 Å². The minimum atomic E-state index is -4.89. The second kappa shape index (κ2) is 9.41. The summed E-state index contributed by atoms with van der Waals surface area (Å²) in [6, 6.07) is 4.54. The van der Waals surface area contributed by atoms with E-state index >= 15 is 0 Å². The Balaban J connectivity index is 2.21. The normalized spacial score (nSPS) is 13.7. The topological polar surface area (TPSA) is 43.9 Å². The molecule has 32 heavy (non-hydrogen) atoms. The average Bonchev–Trinajstić information content (AvgIpc) is 3.30. The van der Waals surface area contributed by atoms with Crippen molar-refractivity contribution in [3.8, 4) is 17.0 Å². The molecule has 0 aliphatic carbocycles. The Morgan fingerprint density at radius 3 is 2.59 bits per heavy atom. The van der Waals surface area contributed by atoms with Gasteiger partial charge >= 0.3 is 6.18 Å². The molecule has 0 amide bonds. The lowest BCUT2D eigenvalue weighted by atomic mass is 10.1. The summed E-state index contributed by atoms with van der Waals surface area (Å²) < 4.78 is 75.4. The molecule has 0 fully saturated rings. The Morgan fingerprint density at radius 1 is 1.28 bits per heavy atom. The van der Waals surface area contributed by atoms with Gasteiger partial charge in [-0.15, -0.1) is 0 Å². The van der Waals surface area contributed by atoms with Gasteiger partial charge < -0.3 is 4.52 Å². The van der Waals surface area contributed by atoms with E-state index in [1.807, 2.05) is 0 Å². The van der Waals surface area contributed by atoms with Crippen molar-refractivity contribution in [1.29, 1.82) is 0 Å². The Kier molecular flexibility index (Phi) is 7.04. The van der Waals surface area contributed by atoms with Crippen LogP contribution in [-0.4, -0.2) is 14.9 Å². The molecule has 4 nitrogen and oxygen atoms in total. The van der Waals surface area contributed by atoms with Gasteiger partial charge in [0.2, 0.25) is 0 Å². The van der Waals surface area contributed by atoms with Crippen molar-refractivity contribution in [2.45, 2.75) is 20.0 Å². The van der Waals surface area contributed by atoms with E-state index < -0.39 is 29.1 Å². The number of benzene rings is 1. The van der Waals surface area contributed by atoms with Crippen LogP contribution in [0, 0.1) is 5.82 Å². The van der Waals surface area contributed by atoms with Crippen molar-refractivity contribution in [2.75, 3.05) is 0 Å². The first-order valence-electron chi connectivity index (χ1n) is 8.98. The second-order valence-corrected chi connectivity index (χ2v) is 7.62. The number of hydrogen-bond donors (Lipinski definition) is 0. The third-order valence-electron chi connectivity index (χ3n) is 4.23. The van der Waals surface area contributed by atoms with Crippen LogP contribution in [0.5, 0.6) is 0 Å². The molecule has 0 aliphatic heterocycles.